The predicted octanol–water partition coefficient (Wildman–Crippen LogP) is -5.95. The maximum absolute atomic E-state index is 10.5. The molecule has 38 valence electrons. The van der Waals surface area contributed by atoms with Gasteiger partial charge in [-0.1, -0.05) is 0 Å². The smallest absolute Gasteiger partial charge is 1.00 e. The summed E-state index contributed by atoms with van der Waals surface area (Å²) in [5.41, 5.74) is 0. The summed E-state index contributed by atoms with van der Waals surface area (Å²) < 4.78 is 10.5. The van der Waals surface area contributed by atoms with Gasteiger partial charge < -0.3 is 9.81 Å². The summed E-state index contributed by atoms with van der Waals surface area (Å²) in [7, 11) is 0. The summed E-state index contributed by atoms with van der Waals surface area (Å²) in [5.74, 6) is -1.41. The van der Waals surface area contributed by atoms with Crippen molar-refractivity contribution < 1.29 is 48.6 Å². The summed E-state index contributed by atoms with van der Waals surface area (Å²) >= 11 is 0. The van der Waals surface area contributed by atoms with Crippen LogP contribution in [0, 0.1) is 0 Å². The molecule has 0 aromatic heterocycles. The summed E-state index contributed by atoms with van der Waals surface area (Å²) in [6.45, 7) is -1.28. The minimum Gasteiger partial charge on any atom is -1.00 e. The van der Waals surface area contributed by atoms with Gasteiger partial charge in [-0.15, -0.1) is 0 Å². The van der Waals surface area contributed by atoms with E-state index in [2.05, 4.69) is 0 Å². The Balaban J connectivity index is -0.0000000800. The molecule has 0 atom stereocenters. The van der Waals surface area contributed by atoms with Gasteiger partial charge in [0.1, 0.15) is 0 Å². The quantitative estimate of drug-likeness (QED) is 0.350. The molecule has 0 radical (unpaired) electrons. The maximum atomic E-state index is 10.5. The zero-order valence-corrected chi connectivity index (χ0v) is 5.82. The molecule has 0 aromatic rings. The van der Waals surface area contributed by atoms with Crippen molar-refractivity contribution in [1.29, 1.82) is 0 Å². The molecule has 0 unspecified atom stereocenters. The fourth-order valence-corrected chi connectivity index (χ4v) is 0. The van der Waals surface area contributed by atoms with Gasteiger partial charge in [-0.2, -0.15) is 0 Å². The molecule has 1 N–H and O–H groups in total. The number of carboxylic acids is 1. The Bertz CT molecular complexity index is 49.0. The topological polar surface area (TPSA) is 37.3 Å². The first kappa shape index (κ1) is 15.7. The number of halogens is 2. The molecule has 0 heterocycles. The Labute approximate surface area is 61.4 Å². The van der Waals surface area contributed by atoms with Gasteiger partial charge in [-0.25, -0.2) is 9.18 Å². The van der Waals surface area contributed by atoms with E-state index in [1.54, 1.807) is 0 Å². The average Bonchev–Trinajstić information content (AvgIpc) is 1.38. The van der Waals surface area contributed by atoms with Crippen LogP contribution in [0.4, 0.5) is 4.39 Å². The minimum absolute atomic E-state index is 0. The maximum Gasteiger partial charge on any atom is 1.00 e. The average molecular weight is 120 g/mol. The number of carboxylic acid groups (broad SMARTS) is 1. The largest absolute Gasteiger partial charge is 1.00 e. The van der Waals surface area contributed by atoms with Crippen molar-refractivity contribution in [2.24, 2.45) is 0 Å². The van der Waals surface area contributed by atoms with Crippen LogP contribution in [0.15, 0.2) is 0 Å². The third-order valence-electron chi connectivity index (χ3n) is 0.114. The van der Waals surface area contributed by atoms with E-state index in [4.69, 9.17) is 9.90 Å². The molecule has 7 heavy (non-hydrogen) atoms. The molecule has 0 aromatic carbocycles. The number of aliphatic carboxylic acids is 1. The summed E-state index contributed by atoms with van der Waals surface area (Å²) in [5, 5.41) is 7.35. The van der Waals surface area contributed by atoms with Gasteiger partial charge in [0, 0.05) is 0 Å². The van der Waals surface area contributed by atoms with Crippen LogP contribution >= 0.6 is 0 Å². The minimum atomic E-state index is -1.41. The Morgan fingerprint density at radius 1 is 1.71 bits per heavy atom. The van der Waals surface area contributed by atoms with E-state index < -0.39 is 12.6 Å². The number of alkyl halides is 1. The Kier molecular flexibility index (Phi) is 21.5. The van der Waals surface area contributed by atoms with Crippen LogP contribution in [0.2, 0.25) is 0 Å². The number of hydrogen-bond donors (Lipinski definition) is 1. The van der Waals surface area contributed by atoms with Crippen molar-refractivity contribution in [3.05, 3.63) is 0 Å². The number of hydrogen-bond acceptors (Lipinski definition) is 1. The predicted molar refractivity (Wildman–Crippen MR) is 13.6 cm³/mol. The fraction of sp³-hybridized carbons (Fsp3) is 0.500. The van der Waals surface area contributed by atoms with Crippen molar-refractivity contribution >= 4 is 5.97 Å². The zero-order valence-electron chi connectivity index (χ0n) is 3.82. The normalized spacial score (nSPS) is 5.29. The third-order valence-corrected chi connectivity index (χ3v) is 0.114. The molecule has 0 aliphatic rings. The van der Waals surface area contributed by atoms with Crippen LogP contribution in [0.5, 0.6) is 0 Å². The van der Waals surface area contributed by atoms with Gasteiger partial charge in [0.25, 0.3) is 0 Å². The molecule has 0 spiro atoms. The van der Waals surface area contributed by atoms with Crippen LogP contribution in [-0.4, -0.2) is 17.8 Å². The fourth-order valence-electron chi connectivity index (χ4n) is 0. The Morgan fingerprint density at radius 3 is 1.86 bits per heavy atom. The van der Waals surface area contributed by atoms with Gasteiger partial charge >= 0.3 is 35.5 Å². The van der Waals surface area contributed by atoms with Gasteiger partial charge in [0.15, 0.2) is 6.67 Å². The van der Waals surface area contributed by atoms with Gasteiger partial charge in [-0.05, 0) is 0 Å². The first-order chi connectivity index (χ1) is 2.27. The van der Waals surface area contributed by atoms with E-state index >= 15 is 0 Å². The summed E-state index contributed by atoms with van der Waals surface area (Å²) in [6, 6.07) is 0. The van der Waals surface area contributed by atoms with Gasteiger partial charge in [0.05, 0.1) is 0 Å². The molecule has 5 heteroatoms. The molecular weight excluding hydrogens is 117 g/mol. The van der Waals surface area contributed by atoms with Crippen molar-refractivity contribution in [2.75, 3.05) is 6.67 Å². The van der Waals surface area contributed by atoms with Crippen LogP contribution in [0.3, 0.4) is 0 Å². The SMILES string of the molecule is O=C(O)CF.[F-].[Na+]. The van der Waals surface area contributed by atoms with Gasteiger partial charge in [-0.3, -0.25) is 0 Å². The van der Waals surface area contributed by atoms with Crippen molar-refractivity contribution in [3.63, 3.8) is 0 Å². The second-order valence-corrected chi connectivity index (χ2v) is 0.527. The second kappa shape index (κ2) is 9.59. The van der Waals surface area contributed by atoms with Gasteiger partial charge in [0.2, 0.25) is 0 Å². The second-order valence-electron chi connectivity index (χ2n) is 0.527. The number of rotatable bonds is 1. The van der Waals surface area contributed by atoms with Crippen LogP contribution < -0.4 is 34.3 Å². The zero-order chi connectivity index (χ0) is 4.28. The molecule has 0 aliphatic carbocycles. The van der Waals surface area contributed by atoms with E-state index in [9.17, 15) is 4.39 Å². The Morgan fingerprint density at radius 2 is 1.86 bits per heavy atom. The molecule has 0 amide bonds. The van der Waals surface area contributed by atoms with Crippen molar-refractivity contribution in [1.82, 2.24) is 0 Å². The molecule has 0 saturated heterocycles. The number of carbonyl (C=O) groups is 1. The third kappa shape index (κ3) is 21.9. The van der Waals surface area contributed by atoms with E-state index in [1.807, 2.05) is 0 Å². The van der Waals surface area contributed by atoms with Crippen molar-refractivity contribution in [3.8, 4) is 0 Å². The van der Waals surface area contributed by atoms with E-state index in [-0.39, 0.29) is 34.3 Å². The molecular formula is C2H3F2NaO2. The molecule has 0 fully saturated rings. The van der Waals surface area contributed by atoms with Crippen LogP contribution in [0.1, 0.15) is 0 Å². The molecule has 0 aliphatic heterocycles. The summed E-state index contributed by atoms with van der Waals surface area (Å²) in [6.07, 6.45) is 0. The molecule has 2 nitrogen and oxygen atoms in total. The molecule has 0 bridgehead atoms. The van der Waals surface area contributed by atoms with Crippen molar-refractivity contribution in [2.45, 2.75) is 0 Å². The van der Waals surface area contributed by atoms with Crippen LogP contribution in [-0.2, 0) is 4.79 Å². The van der Waals surface area contributed by atoms with Crippen LogP contribution in [0.25, 0.3) is 0 Å². The van der Waals surface area contributed by atoms with E-state index in [0.29, 0.717) is 0 Å². The first-order valence-corrected chi connectivity index (χ1v) is 1.05. The molecule has 0 rings (SSSR count). The first-order valence-electron chi connectivity index (χ1n) is 1.05. The monoisotopic (exact) mass is 120 g/mol. The molecule has 0 saturated carbocycles. The Hall–Kier alpha value is 0.330. The summed E-state index contributed by atoms with van der Waals surface area (Å²) in [4.78, 5) is 8.99. The van der Waals surface area contributed by atoms with E-state index in [0.717, 1.165) is 0 Å². The standard InChI is InChI=1S/C2H3FO2.FH.Na/c3-1-2(4)5;;/h1H2,(H,4,5);1H;/q;;+1/p-1. The van der Waals surface area contributed by atoms with E-state index in [1.165, 1.54) is 0 Å².